The molecular weight excluding hydrogens is 264 g/mol. The molecule has 1 saturated heterocycles. The minimum Gasteiger partial charge on any atom is -0.341 e. The van der Waals surface area contributed by atoms with E-state index in [1.165, 1.54) is 17.4 Å². The largest absolute Gasteiger partial charge is 0.341 e. The molecule has 4 nitrogen and oxygen atoms in total. The lowest BCUT2D eigenvalue weighted by atomic mass is 10.2. The van der Waals surface area contributed by atoms with Gasteiger partial charge in [-0.1, -0.05) is 31.0 Å². The van der Waals surface area contributed by atoms with E-state index in [9.17, 15) is 9.59 Å². The number of aromatic nitrogens is 1. The number of amides is 1. The van der Waals surface area contributed by atoms with Gasteiger partial charge in [0.25, 0.3) is 5.56 Å². The summed E-state index contributed by atoms with van der Waals surface area (Å²) < 4.78 is 1.52. The second-order valence-electron chi connectivity index (χ2n) is 5.63. The van der Waals surface area contributed by atoms with Crippen LogP contribution in [-0.4, -0.2) is 28.5 Å². The number of hydrogen-bond donors (Lipinski definition) is 0. The third kappa shape index (κ3) is 2.99. The molecule has 110 valence electrons. The molecule has 3 rings (SSSR count). The number of benzene rings is 1. The highest BCUT2D eigenvalue weighted by Crippen LogP contribution is 2.11. The van der Waals surface area contributed by atoms with Gasteiger partial charge < -0.3 is 9.47 Å². The highest BCUT2D eigenvalue weighted by atomic mass is 16.2. The van der Waals surface area contributed by atoms with Crippen LogP contribution >= 0.6 is 0 Å². The van der Waals surface area contributed by atoms with Gasteiger partial charge >= 0.3 is 0 Å². The van der Waals surface area contributed by atoms with Crippen LogP contribution < -0.4 is 5.56 Å². The lowest BCUT2D eigenvalue weighted by Gasteiger charge is -2.20. The van der Waals surface area contributed by atoms with Crippen LogP contribution in [0, 0.1) is 0 Å². The van der Waals surface area contributed by atoms with Crippen LogP contribution in [0.4, 0.5) is 0 Å². The summed E-state index contributed by atoms with van der Waals surface area (Å²) >= 11 is 0. The van der Waals surface area contributed by atoms with E-state index in [0.29, 0.717) is 5.39 Å². The standard InChI is InChI=1S/C17H20N2O2/c20-16(18-10-5-1-2-6-11-18)13-19-12-9-14-7-3-4-8-15(14)17(19)21/h3-4,7-9,12H,1-2,5-6,10-11,13H2. The summed E-state index contributed by atoms with van der Waals surface area (Å²) in [5.74, 6) is 0.0503. The molecule has 1 aromatic heterocycles. The van der Waals surface area contributed by atoms with Gasteiger partial charge in [0.15, 0.2) is 0 Å². The molecule has 0 bridgehead atoms. The number of nitrogens with zero attached hydrogens (tertiary/aromatic N) is 2. The Bertz CT molecular complexity index is 697. The molecule has 0 atom stereocenters. The van der Waals surface area contributed by atoms with Crippen LogP contribution in [0.1, 0.15) is 25.7 Å². The van der Waals surface area contributed by atoms with Gasteiger partial charge in [-0.25, -0.2) is 0 Å². The number of pyridine rings is 1. The normalized spacial score (nSPS) is 15.9. The predicted octanol–water partition coefficient (Wildman–Crippen LogP) is 2.40. The van der Waals surface area contributed by atoms with Crippen molar-refractivity contribution in [1.29, 1.82) is 0 Å². The third-order valence-corrected chi connectivity index (χ3v) is 4.15. The van der Waals surface area contributed by atoms with Gasteiger partial charge in [-0.3, -0.25) is 9.59 Å². The molecular formula is C17H20N2O2. The van der Waals surface area contributed by atoms with Gasteiger partial charge in [-0.15, -0.1) is 0 Å². The van der Waals surface area contributed by atoms with Crippen molar-refractivity contribution in [3.63, 3.8) is 0 Å². The van der Waals surface area contributed by atoms with E-state index in [1.807, 2.05) is 35.2 Å². The van der Waals surface area contributed by atoms with E-state index in [1.54, 1.807) is 6.20 Å². The van der Waals surface area contributed by atoms with Crippen molar-refractivity contribution in [2.24, 2.45) is 0 Å². The average molecular weight is 284 g/mol. The van der Waals surface area contributed by atoms with E-state index in [4.69, 9.17) is 0 Å². The molecule has 1 aliphatic heterocycles. The van der Waals surface area contributed by atoms with Crippen molar-refractivity contribution < 1.29 is 4.79 Å². The van der Waals surface area contributed by atoms with Crippen LogP contribution in [0.3, 0.4) is 0 Å². The van der Waals surface area contributed by atoms with Gasteiger partial charge in [0.1, 0.15) is 6.54 Å². The van der Waals surface area contributed by atoms with Gasteiger partial charge in [0.2, 0.25) is 5.91 Å². The monoisotopic (exact) mass is 284 g/mol. The van der Waals surface area contributed by atoms with Crippen molar-refractivity contribution in [2.75, 3.05) is 13.1 Å². The molecule has 1 amide bonds. The zero-order chi connectivity index (χ0) is 14.7. The molecule has 1 aromatic carbocycles. The fourth-order valence-electron chi connectivity index (χ4n) is 2.92. The summed E-state index contributed by atoms with van der Waals surface area (Å²) in [6.45, 7) is 1.78. The van der Waals surface area contributed by atoms with Crippen LogP contribution in [0.25, 0.3) is 10.8 Å². The minimum absolute atomic E-state index is 0.0503. The van der Waals surface area contributed by atoms with Crippen molar-refractivity contribution >= 4 is 16.7 Å². The SMILES string of the molecule is O=C(Cn1ccc2ccccc2c1=O)N1CCCCCC1. The maximum Gasteiger partial charge on any atom is 0.258 e. The van der Waals surface area contributed by atoms with Crippen LogP contribution in [0.5, 0.6) is 0 Å². The second-order valence-corrected chi connectivity index (χ2v) is 5.63. The van der Waals surface area contributed by atoms with Crippen molar-refractivity contribution in [2.45, 2.75) is 32.2 Å². The first-order valence-electron chi connectivity index (χ1n) is 7.62. The molecule has 1 aliphatic rings. The van der Waals surface area contributed by atoms with Crippen molar-refractivity contribution in [1.82, 2.24) is 9.47 Å². The Morgan fingerprint density at radius 1 is 1.00 bits per heavy atom. The van der Waals surface area contributed by atoms with E-state index in [0.717, 1.165) is 31.3 Å². The smallest absolute Gasteiger partial charge is 0.258 e. The Kier molecular flexibility index (Phi) is 4.04. The highest BCUT2D eigenvalue weighted by molar-refractivity contribution is 5.82. The van der Waals surface area contributed by atoms with Crippen LogP contribution in [0.2, 0.25) is 0 Å². The Hall–Kier alpha value is -2.10. The number of hydrogen-bond acceptors (Lipinski definition) is 2. The number of rotatable bonds is 2. The Balaban J connectivity index is 1.82. The summed E-state index contributed by atoms with van der Waals surface area (Å²) in [6, 6.07) is 9.38. The fraction of sp³-hybridized carbons (Fsp3) is 0.412. The van der Waals surface area contributed by atoms with Gasteiger partial charge in [-0.2, -0.15) is 0 Å². The molecule has 2 heterocycles. The Morgan fingerprint density at radius 2 is 1.71 bits per heavy atom. The number of fused-ring (bicyclic) bond motifs is 1. The molecule has 0 radical (unpaired) electrons. The van der Waals surface area contributed by atoms with Gasteiger partial charge in [0.05, 0.1) is 0 Å². The average Bonchev–Trinajstić information content (AvgIpc) is 2.79. The first-order valence-corrected chi connectivity index (χ1v) is 7.62. The highest BCUT2D eigenvalue weighted by Gasteiger charge is 2.16. The lowest BCUT2D eigenvalue weighted by Crippen LogP contribution is -2.37. The number of carbonyl (C=O) groups is 1. The summed E-state index contributed by atoms with van der Waals surface area (Å²) in [5, 5.41) is 1.59. The minimum atomic E-state index is -0.0868. The van der Waals surface area contributed by atoms with Crippen molar-refractivity contribution in [3.05, 3.63) is 46.9 Å². The van der Waals surface area contributed by atoms with Crippen LogP contribution in [0.15, 0.2) is 41.3 Å². The molecule has 0 spiro atoms. The topological polar surface area (TPSA) is 42.3 Å². The zero-order valence-corrected chi connectivity index (χ0v) is 12.1. The Morgan fingerprint density at radius 3 is 2.48 bits per heavy atom. The molecule has 4 heteroatoms. The quantitative estimate of drug-likeness (QED) is 0.850. The molecule has 0 saturated carbocycles. The molecule has 1 fully saturated rings. The summed E-state index contributed by atoms with van der Waals surface area (Å²) in [7, 11) is 0. The van der Waals surface area contributed by atoms with Crippen LogP contribution in [-0.2, 0) is 11.3 Å². The molecule has 2 aromatic rings. The Labute approximate surface area is 124 Å². The second kappa shape index (κ2) is 6.12. The van der Waals surface area contributed by atoms with E-state index >= 15 is 0 Å². The molecule has 21 heavy (non-hydrogen) atoms. The van der Waals surface area contributed by atoms with E-state index in [2.05, 4.69) is 0 Å². The summed E-state index contributed by atoms with van der Waals surface area (Å²) in [6.07, 6.45) is 6.25. The molecule has 0 N–H and O–H groups in total. The van der Waals surface area contributed by atoms with Gasteiger partial charge in [0, 0.05) is 24.7 Å². The maximum atomic E-state index is 12.4. The zero-order valence-electron chi connectivity index (χ0n) is 12.1. The first-order chi connectivity index (χ1) is 10.3. The summed E-state index contributed by atoms with van der Waals surface area (Å²) in [5.41, 5.74) is -0.0868. The molecule has 0 unspecified atom stereocenters. The molecule has 0 aliphatic carbocycles. The third-order valence-electron chi connectivity index (χ3n) is 4.15. The maximum absolute atomic E-state index is 12.4. The van der Waals surface area contributed by atoms with Gasteiger partial charge in [-0.05, 0) is 30.4 Å². The predicted molar refractivity (Wildman–Crippen MR) is 83.3 cm³/mol. The lowest BCUT2D eigenvalue weighted by molar-refractivity contribution is -0.131. The first kappa shape index (κ1) is 13.9. The van der Waals surface area contributed by atoms with Crippen molar-refractivity contribution in [3.8, 4) is 0 Å². The fourth-order valence-corrected chi connectivity index (χ4v) is 2.92. The van der Waals surface area contributed by atoms with E-state index in [-0.39, 0.29) is 18.0 Å². The number of carbonyl (C=O) groups excluding carboxylic acids is 1. The summed E-state index contributed by atoms with van der Waals surface area (Å²) in [4.78, 5) is 26.7. The number of likely N-dealkylation sites (tertiary alicyclic amines) is 1. The van der Waals surface area contributed by atoms with E-state index < -0.39 is 0 Å².